The van der Waals surface area contributed by atoms with Crippen LogP contribution in [0.4, 0.5) is 0 Å². The van der Waals surface area contributed by atoms with Crippen molar-refractivity contribution in [2.24, 2.45) is 5.92 Å². The van der Waals surface area contributed by atoms with Crippen LogP contribution in [0.1, 0.15) is 37.7 Å². The van der Waals surface area contributed by atoms with Crippen LogP contribution in [0.5, 0.6) is 11.5 Å². The van der Waals surface area contributed by atoms with Crippen LogP contribution in [0.3, 0.4) is 0 Å². The standard InChI is InChI=1S/C15H19ClO3/c1-10(5-6-17)12-7-13(16)15(18-2)14(8-12)19-9-11-3-4-11/h6-8,10-11H,3-5,9H2,1-2H3. The van der Waals surface area contributed by atoms with E-state index in [1.165, 1.54) is 12.8 Å². The van der Waals surface area contributed by atoms with Crippen LogP contribution in [-0.2, 0) is 4.79 Å². The highest BCUT2D eigenvalue weighted by Gasteiger charge is 2.23. The average Bonchev–Trinajstić information content (AvgIpc) is 3.20. The van der Waals surface area contributed by atoms with Gasteiger partial charge < -0.3 is 14.3 Å². The molecule has 1 atom stereocenters. The third kappa shape index (κ3) is 3.63. The summed E-state index contributed by atoms with van der Waals surface area (Å²) in [4.78, 5) is 10.6. The third-order valence-corrected chi connectivity index (χ3v) is 3.71. The first-order chi connectivity index (χ1) is 9.15. The molecule has 1 saturated carbocycles. The minimum Gasteiger partial charge on any atom is -0.491 e. The lowest BCUT2D eigenvalue weighted by atomic mass is 9.98. The highest BCUT2D eigenvalue weighted by atomic mass is 35.5. The summed E-state index contributed by atoms with van der Waals surface area (Å²) in [5.41, 5.74) is 1.00. The van der Waals surface area contributed by atoms with Gasteiger partial charge in [0, 0.05) is 6.42 Å². The Morgan fingerprint density at radius 1 is 1.47 bits per heavy atom. The maximum Gasteiger partial charge on any atom is 0.179 e. The molecule has 0 spiro atoms. The summed E-state index contributed by atoms with van der Waals surface area (Å²) in [6.45, 7) is 2.70. The molecule has 1 aromatic rings. The molecule has 1 aliphatic carbocycles. The minimum absolute atomic E-state index is 0.129. The molecule has 0 bridgehead atoms. The van der Waals surface area contributed by atoms with E-state index in [2.05, 4.69) is 0 Å². The van der Waals surface area contributed by atoms with Gasteiger partial charge in [0.05, 0.1) is 18.7 Å². The van der Waals surface area contributed by atoms with E-state index in [-0.39, 0.29) is 5.92 Å². The molecule has 1 unspecified atom stereocenters. The van der Waals surface area contributed by atoms with Crippen LogP contribution in [0.15, 0.2) is 12.1 Å². The van der Waals surface area contributed by atoms with Gasteiger partial charge in [0.25, 0.3) is 0 Å². The molecule has 3 nitrogen and oxygen atoms in total. The Kier molecular flexibility index (Phi) is 4.70. The number of carbonyl (C=O) groups is 1. The molecule has 19 heavy (non-hydrogen) atoms. The van der Waals surface area contributed by atoms with Crippen molar-refractivity contribution in [1.82, 2.24) is 0 Å². The summed E-state index contributed by atoms with van der Waals surface area (Å²) in [5.74, 6) is 2.04. The van der Waals surface area contributed by atoms with Crippen molar-refractivity contribution in [2.45, 2.75) is 32.1 Å². The number of benzene rings is 1. The Morgan fingerprint density at radius 2 is 2.21 bits per heavy atom. The Morgan fingerprint density at radius 3 is 2.79 bits per heavy atom. The van der Waals surface area contributed by atoms with Gasteiger partial charge in [-0.1, -0.05) is 18.5 Å². The van der Waals surface area contributed by atoms with Gasteiger partial charge >= 0.3 is 0 Å². The zero-order chi connectivity index (χ0) is 13.8. The molecule has 1 fully saturated rings. The van der Waals surface area contributed by atoms with Crippen molar-refractivity contribution in [3.63, 3.8) is 0 Å². The number of carbonyl (C=O) groups excluding carboxylic acids is 1. The molecule has 0 radical (unpaired) electrons. The second kappa shape index (κ2) is 6.29. The van der Waals surface area contributed by atoms with E-state index in [0.29, 0.717) is 35.5 Å². The van der Waals surface area contributed by atoms with E-state index in [1.807, 2.05) is 19.1 Å². The SMILES string of the molecule is COc1c(Cl)cc(C(C)CC=O)cc1OCC1CC1. The monoisotopic (exact) mass is 282 g/mol. The molecule has 0 N–H and O–H groups in total. The molecule has 0 heterocycles. The van der Waals surface area contributed by atoms with Crippen LogP contribution in [-0.4, -0.2) is 20.0 Å². The smallest absolute Gasteiger partial charge is 0.179 e. The van der Waals surface area contributed by atoms with E-state index < -0.39 is 0 Å². The molecule has 0 aliphatic heterocycles. The van der Waals surface area contributed by atoms with Crippen LogP contribution >= 0.6 is 11.6 Å². The summed E-state index contributed by atoms with van der Waals surface area (Å²) in [6, 6.07) is 3.78. The van der Waals surface area contributed by atoms with Crippen molar-refractivity contribution >= 4 is 17.9 Å². The Balaban J connectivity index is 2.22. The van der Waals surface area contributed by atoms with E-state index in [1.54, 1.807) is 7.11 Å². The highest BCUT2D eigenvalue weighted by Crippen LogP contribution is 2.40. The number of hydrogen-bond acceptors (Lipinski definition) is 3. The van der Waals surface area contributed by atoms with Gasteiger partial charge in [-0.05, 0) is 42.4 Å². The second-order valence-electron chi connectivity index (χ2n) is 5.09. The lowest BCUT2D eigenvalue weighted by Crippen LogP contribution is -2.03. The Bertz CT molecular complexity index is 455. The minimum atomic E-state index is 0.129. The van der Waals surface area contributed by atoms with E-state index in [0.717, 1.165) is 11.8 Å². The summed E-state index contributed by atoms with van der Waals surface area (Å²) in [5, 5.41) is 0.531. The lowest BCUT2D eigenvalue weighted by Gasteiger charge is -2.16. The second-order valence-corrected chi connectivity index (χ2v) is 5.50. The molecule has 0 amide bonds. The number of rotatable bonds is 7. The lowest BCUT2D eigenvalue weighted by molar-refractivity contribution is -0.108. The van der Waals surface area contributed by atoms with Crippen molar-refractivity contribution in [3.05, 3.63) is 22.7 Å². The van der Waals surface area contributed by atoms with Crippen LogP contribution in [0.25, 0.3) is 0 Å². The Labute approximate surface area is 118 Å². The first-order valence-corrected chi connectivity index (χ1v) is 6.97. The van der Waals surface area contributed by atoms with Crippen LogP contribution in [0.2, 0.25) is 5.02 Å². The van der Waals surface area contributed by atoms with Crippen molar-refractivity contribution in [1.29, 1.82) is 0 Å². The van der Waals surface area contributed by atoms with E-state index in [4.69, 9.17) is 21.1 Å². The third-order valence-electron chi connectivity index (χ3n) is 3.43. The van der Waals surface area contributed by atoms with Gasteiger partial charge in [-0.3, -0.25) is 0 Å². The maximum atomic E-state index is 10.6. The van der Waals surface area contributed by atoms with Gasteiger partial charge in [-0.25, -0.2) is 0 Å². The zero-order valence-corrected chi connectivity index (χ0v) is 12.1. The molecule has 1 aliphatic rings. The molecule has 1 aromatic carbocycles. The molecule has 4 heteroatoms. The van der Waals surface area contributed by atoms with Crippen molar-refractivity contribution in [3.8, 4) is 11.5 Å². The largest absolute Gasteiger partial charge is 0.491 e. The fourth-order valence-electron chi connectivity index (χ4n) is 1.95. The van der Waals surface area contributed by atoms with Gasteiger partial charge in [0.2, 0.25) is 0 Å². The van der Waals surface area contributed by atoms with E-state index in [9.17, 15) is 4.79 Å². The summed E-state index contributed by atoms with van der Waals surface area (Å²) >= 11 is 6.22. The predicted molar refractivity (Wildman–Crippen MR) is 75.3 cm³/mol. The average molecular weight is 283 g/mol. The van der Waals surface area contributed by atoms with Gasteiger partial charge in [0.1, 0.15) is 6.29 Å². The van der Waals surface area contributed by atoms with Gasteiger partial charge in [0.15, 0.2) is 11.5 Å². The first kappa shape index (κ1) is 14.2. The molecular formula is C15H19ClO3. The highest BCUT2D eigenvalue weighted by molar-refractivity contribution is 6.32. The number of ether oxygens (including phenoxy) is 2. The van der Waals surface area contributed by atoms with E-state index >= 15 is 0 Å². The molecular weight excluding hydrogens is 264 g/mol. The predicted octanol–water partition coefficient (Wildman–Crippen LogP) is 3.83. The van der Waals surface area contributed by atoms with Crippen molar-refractivity contribution in [2.75, 3.05) is 13.7 Å². The fraction of sp³-hybridized carbons (Fsp3) is 0.533. The van der Waals surface area contributed by atoms with Gasteiger partial charge in [-0.15, -0.1) is 0 Å². The quantitative estimate of drug-likeness (QED) is 0.713. The molecule has 0 saturated heterocycles. The summed E-state index contributed by atoms with van der Waals surface area (Å²) < 4.78 is 11.1. The number of aldehydes is 1. The zero-order valence-electron chi connectivity index (χ0n) is 11.3. The normalized spacial score (nSPS) is 15.9. The summed E-state index contributed by atoms with van der Waals surface area (Å²) in [7, 11) is 1.58. The van der Waals surface area contributed by atoms with Crippen LogP contribution in [0, 0.1) is 5.92 Å². The number of hydrogen-bond donors (Lipinski definition) is 0. The number of halogens is 1. The van der Waals surface area contributed by atoms with Crippen LogP contribution < -0.4 is 9.47 Å². The number of methoxy groups -OCH3 is 1. The van der Waals surface area contributed by atoms with Gasteiger partial charge in [-0.2, -0.15) is 0 Å². The fourth-order valence-corrected chi connectivity index (χ4v) is 2.25. The van der Waals surface area contributed by atoms with Crippen molar-refractivity contribution < 1.29 is 14.3 Å². The topological polar surface area (TPSA) is 35.5 Å². The maximum absolute atomic E-state index is 10.6. The Hall–Kier alpha value is -1.22. The molecule has 0 aromatic heterocycles. The first-order valence-electron chi connectivity index (χ1n) is 6.59. The summed E-state index contributed by atoms with van der Waals surface area (Å²) in [6.07, 6.45) is 3.87. The molecule has 2 rings (SSSR count). The molecule has 104 valence electrons.